The van der Waals surface area contributed by atoms with Crippen LogP contribution in [0.15, 0.2) is 18.2 Å². The molecule has 23 heavy (non-hydrogen) atoms. The summed E-state index contributed by atoms with van der Waals surface area (Å²) in [5.74, 6) is 0.512. The maximum atomic E-state index is 7.85. The summed E-state index contributed by atoms with van der Waals surface area (Å²) in [4.78, 5) is 5.10. The summed E-state index contributed by atoms with van der Waals surface area (Å²) < 4.78 is 56.3. The van der Waals surface area contributed by atoms with Crippen LogP contribution in [0.25, 0.3) is 10.9 Å². The second-order valence-electron chi connectivity index (χ2n) is 6.58. The van der Waals surface area contributed by atoms with Gasteiger partial charge in [-0.2, -0.15) is 0 Å². The lowest BCUT2D eigenvalue weighted by molar-refractivity contribution is 0.193. The first kappa shape index (κ1) is 9.70. The molecule has 2 aliphatic heterocycles. The summed E-state index contributed by atoms with van der Waals surface area (Å²) in [5, 5.41) is 0.894. The molecule has 0 bridgehead atoms. The topological polar surface area (TPSA) is 37.5 Å². The lowest BCUT2D eigenvalue weighted by Crippen LogP contribution is -2.27. The Kier molecular flexibility index (Phi) is 2.60. The summed E-state index contributed by atoms with van der Waals surface area (Å²) in [5.41, 5.74) is 3.02. The molecular weight excluding hydrogens is 288 g/mol. The molecule has 2 fully saturated rings. The normalized spacial score (nSPS) is 30.4. The lowest BCUT2D eigenvalue weighted by Gasteiger charge is -2.20. The molecule has 2 atom stereocenters. The minimum absolute atomic E-state index is 0.0743. The Bertz CT molecular complexity index is 870. The highest BCUT2D eigenvalue weighted by Crippen LogP contribution is 2.36. The Morgan fingerprint density at radius 2 is 2.43 bits per heavy atom. The molecule has 2 aromatic rings. The minimum atomic E-state index is -2.52. The van der Waals surface area contributed by atoms with Crippen molar-refractivity contribution in [2.24, 2.45) is 0 Å². The van der Waals surface area contributed by atoms with Gasteiger partial charge in [-0.1, -0.05) is 0 Å². The number of ether oxygens (including phenoxy) is 2. The molecule has 0 radical (unpaired) electrons. The van der Waals surface area contributed by atoms with Gasteiger partial charge >= 0.3 is 0 Å². The Hall–Kier alpha value is -1.52. The predicted molar refractivity (Wildman–Crippen MR) is 92.4 cm³/mol. The number of likely N-dealkylation sites (N-methyl/N-ethyl adjacent to an activating group) is 1. The fourth-order valence-electron chi connectivity index (χ4n) is 3.93. The van der Waals surface area contributed by atoms with E-state index in [0.717, 1.165) is 41.4 Å². The first-order chi connectivity index (χ1) is 13.6. The van der Waals surface area contributed by atoms with Gasteiger partial charge in [-0.15, -0.1) is 0 Å². The van der Waals surface area contributed by atoms with E-state index in [2.05, 4.69) is 4.98 Å². The fraction of sp³-hybridized carbons (Fsp3) is 0.579. The van der Waals surface area contributed by atoms with Crippen LogP contribution >= 0.6 is 0 Å². The van der Waals surface area contributed by atoms with E-state index >= 15 is 0 Å². The number of hydrogen-bond donors (Lipinski definition) is 1. The maximum Gasteiger partial charge on any atom is 0.119 e. The number of benzene rings is 1. The highest BCUT2D eigenvalue weighted by Gasteiger charge is 2.28. The highest BCUT2D eigenvalue weighted by atomic mass is 16.5. The Morgan fingerprint density at radius 1 is 1.43 bits per heavy atom. The molecule has 2 saturated heterocycles. The van der Waals surface area contributed by atoms with E-state index in [0.29, 0.717) is 26.2 Å². The van der Waals surface area contributed by atoms with Crippen molar-refractivity contribution in [2.45, 2.75) is 37.6 Å². The van der Waals surface area contributed by atoms with Gasteiger partial charge in [-0.3, -0.25) is 0 Å². The third-order valence-electron chi connectivity index (χ3n) is 5.18. The molecule has 4 nitrogen and oxygen atoms in total. The SMILES string of the molecule is [2H]C([2H])([2H])Oc1ccc2[nH]c([C@@H]3CCOC3)c(C[C@H]3CCCN3C([2H])([2H])[2H])c2c1. The van der Waals surface area contributed by atoms with Gasteiger partial charge in [0.2, 0.25) is 0 Å². The molecule has 2 aliphatic rings. The van der Waals surface area contributed by atoms with Crippen LogP contribution in [-0.2, 0) is 11.2 Å². The van der Waals surface area contributed by atoms with E-state index in [9.17, 15) is 0 Å². The first-order valence-corrected chi connectivity index (χ1v) is 8.30. The third-order valence-corrected chi connectivity index (χ3v) is 5.18. The fourth-order valence-corrected chi connectivity index (χ4v) is 3.93. The van der Waals surface area contributed by atoms with Gasteiger partial charge in [-0.25, -0.2) is 0 Å². The van der Waals surface area contributed by atoms with Crippen molar-refractivity contribution >= 4 is 10.9 Å². The Labute approximate surface area is 146 Å². The van der Waals surface area contributed by atoms with E-state index in [-0.39, 0.29) is 17.7 Å². The van der Waals surface area contributed by atoms with Gasteiger partial charge in [0.1, 0.15) is 5.75 Å². The van der Waals surface area contributed by atoms with Crippen LogP contribution < -0.4 is 4.74 Å². The number of likely N-dealkylation sites (tertiary alicyclic amines) is 1. The molecule has 1 aromatic carbocycles. The summed E-state index contributed by atoms with van der Waals surface area (Å²) in [6.07, 6.45) is 3.20. The number of nitrogens with zero attached hydrogens (tertiary/aromatic N) is 1. The third kappa shape index (κ3) is 2.74. The lowest BCUT2D eigenvalue weighted by atomic mass is 9.94. The number of rotatable bonds is 4. The van der Waals surface area contributed by atoms with E-state index < -0.39 is 14.0 Å². The monoisotopic (exact) mass is 320 g/mol. The number of aromatic amines is 1. The van der Waals surface area contributed by atoms with Crippen molar-refractivity contribution in [3.05, 3.63) is 29.5 Å². The van der Waals surface area contributed by atoms with Crippen LogP contribution in [-0.4, -0.2) is 49.7 Å². The zero-order valence-corrected chi connectivity index (χ0v) is 13.1. The van der Waals surface area contributed by atoms with Crippen LogP contribution in [0.2, 0.25) is 0 Å². The second kappa shape index (κ2) is 6.17. The number of fused-ring (bicyclic) bond motifs is 1. The van der Waals surface area contributed by atoms with E-state index in [4.69, 9.17) is 17.7 Å². The molecule has 0 amide bonds. The van der Waals surface area contributed by atoms with Crippen LogP contribution in [0, 0.1) is 0 Å². The summed E-state index contributed by atoms with van der Waals surface area (Å²) >= 11 is 0. The molecule has 0 unspecified atom stereocenters. The number of H-pyrrole nitrogens is 1. The van der Waals surface area contributed by atoms with Crippen molar-refractivity contribution < 1.29 is 17.7 Å². The summed E-state index contributed by atoms with van der Waals surface area (Å²) in [6, 6.07) is 5.15. The molecule has 0 spiro atoms. The van der Waals surface area contributed by atoms with E-state index in [1.54, 1.807) is 17.0 Å². The zero-order chi connectivity index (χ0) is 20.8. The summed E-state index contributed by atoms with van der Waals surface area (Å²) in [6.45, 7) is -0.206. The highest BCUT2D eigenvalue weighted by molar-refractivity contribution is 5.86. The number of hydrogen-bond acceptors (Lipinski definition) is 3. The van der Waals surface area contributed by atoms with E-state index in [1.165, 1.54) is 0 Å². The van der Waals surface area contributed by atoms with Crippen molar-refractivity contribution in [2.75, 3.05) is 33.8 Å². The average Bonchev–Trinajstić information content (AvgIpc) is 3.33. The number of aromatic nitrogens is 1. The van der Waals surface area contributed by atoms with E-state index in [1.807, 2.05) is 6.07 Å². The molecule has 4 rings (SSSR count). The number of nitrogens with one attached hydrogen (secondary N) is 1. The molecule has 0 saturated carbocycles. The Balaban J connectivity index is 1.74. The van der Waals surface area contributed by atoms with Crippen LogP contribution in [0.1, 0.15) is 44.7 Å². The van der Waals surface area contributed by atoms with Crippen molar-refractivity contribution in [3.63, 3.8) is 0 Å². The van der Waals surface area contributed by atoms with Crippen LogP contribution in [0.4, 0.5) is 0 Å². The largest absolute Gasteiger partial charge is 0.497 e. The quantitative estimate of drug-likeness (QED) is 0.939. The van der Waals surface area contributed by atoms with Crippen LogP contribution in [0.3, 0.4) is 0 Å². The molecule has 1 N–H and O–H groups in total. The minimum Gasteiger partial charge on any atom is -0.497 e. The van der Waals surface area contributed by atoms with Crippen molar-refractivity contribution in [1.82, 2.24) is 9.88 Å². The predicted octanol–water partition coefficient (Wildman–Crippen LogP) is 3.32. The standard InChI is InChI=1S/C19H26N2O2/c1-21-8-3-4-14(21)10-17-16-11-15(22-2)5-6-18(16)20-19(17)13-7-9-23-12-13/h5-6,11,13-14,20H,3-4,7-10,12H2,1-2H3/t13-,14-/m1/s1/i1D3,2D3. The zero-order valence-electron chi connectivity index (χ0n) is 19.1. The molecule has 1 aromatic heterocycles. The molecule has 3 heterocycles. The maximum absolute atomic E-state index is 7.85. The average molecular weight is 320 g/mol. The first-order valence-electron chi connectivity index (χ1n) is 11.3. The van der Waals surface area contributed by atoms with Crippen molar-refractivity contribution in [1.29, 1.82) is 0 Å². The smallest absolute Gasteiger partial charge is 0.119 e. The van der Waals surface area contributed by atoms with Crippen LogP contribution in [0.5, 0.6) is 5.75 Å². The van der Waals surface area contributed by atoms with Gasteiger partial charge in [-0.05, 0) is 63.0 Å². The van der Waals surface area contributed by atoms with Gasteiger partial charge in [0.15, 0.2) is 0 Å². The number of methoxy groups -OCH3 is 1. The molecule has 124 valence electrons. The van der Waals surface area contributed by atoms with Gasteiger partial charge in [0.05, 0.1) is 17.8 Å². The Morgan fingerprint density at radius 3 is 3.26 bits per heavy atom. The van der Waals surface area contributed by atoms with Crippen molar-refractivity contribution in [3.8, 4) is 5.75 Å². The summed E-state index contributed by atoms with van der Waals surface area (Å²) in [7, 11) is -2.52. The molecular formula is C19H26N2O2. The van der Waals surface area contributed by atoms with Gasteiger partial charge in [0.25, 0.3) is 0 Å². The molecule has 0 aliphatic carbocycles. The van der Waals surface area contributed by atoms with Gasteiger partial charge in [0, 0.05) is 39.3 Å². The molecule has 4 heteroatoms. The second-order valence-corrected chi connectivity index (χ2v) is 6.58. The van der Waals surface area contributed by atoms with Gasteiger partial charge < -0.3 is 19.4 Å².